The number of carbonyl (C=O) groups is 2. The molecule has 0 saturated heterocycles. The largest absolute Gasteiger partial charge is 0.298 e. The van der Waals surface area contributed by atoms with Crippen LogP contribution in [-0.2, 0) is 0 Å². The number of aldehydes is 1. The Labute approximate surface area is 112 Å². The Morgan fingerprint density at radius 2 is 2.22 bits per heavy atom. The second-order valence-corrected chi connectivity index (χ2v) is 5.48. The summed E-state index contributed by atoms with van der Waals surface area (Å²) in [5.41, 5.74) is 0.727. The molecular formula is C12H10N2O2S2. The quantitative estimate of drug-likeness (QED) is 0.690. The molecule has 0 radical (unpaired) electrons. The average molecular weight is 278 g/mol. The summed E-state index contributed by atoms with van der Waals surface area (Å²) in [6.45, 7) is 0. The molecule has 92 valence electrons. The number of nitrogens with one attached hydrogen (secondary N) is 1. The minimum Gasteiger partial charge on any atom is -0.298 e. The number of aromatic nitrogens is 1. The number of thioether (sulfide) groups is 1. The van der Waals surface area contributed by atoms with Gasteiger partial charge in [0.05, 0.1) is 16.0 Å². The van der Waals surface area contributed by atoms with E-state index in [0.29, 0.717) is 22.5 Å². The van der Waals surface area contributed by atoms with Gasteiger partial charge in [-0.15, -0.1) is 11.8 Å². The molecule has 1 amide bonds. The Hall–Kier alpha value is -1.66. The zero-order valence-electron chi connectivity index (χ0n) is 9.54. The summed E-state index contributed by atoms with van der Waals surface area (Å²) in [5, 5.41) is 3.22. The molecule has 0 saturated carbocycles. The van der Waals surface area contributed by atoms with Crippen molar-refractivity contribution < 1.29 is 9.59 Å². The smallest absolute Gasteiger partial charge is 0.258 e. The predicted octanol–water partition coefficient (Wildman–Crippen LogP) is 2.93. The minimum absolute atomic E-state index is 0.320. The van der Waals surface area contributed by atoms with Gasteiger partial charge in [0.15, 0.2) is 11.4 Å². The predicted molar refractivity (Wildman–Crippen MR) is 73.7 cm³/mol. The van der Waals surface area contributed by atoms with Crippen molar-refractivity contribution in [2.45, 2.75) is 4.21 Å². The van der Waals surface area contributed by atoms with Crippen LogP contribution in [0.3, 0.4) is 0 Å². The molecule has 0 spiro atoms. The number of nitrogens with zero attached hydrogens (tertiary/aromatic N) is 1. The van der Waals surface area contributed by atoms with Crippen LogP contribution in [0.4, 0.5) is 5.13 Å². The van der Waals surface area contributed by atoms with E-state index in [-0.39, 0.29) is 5.91 Å². The Morgan fingerprint density at radius 1 is 1.44 bits per heavy atom. The van der Waals surface area contributed by atoms with Gasteiger partial charge in [0.25, 0.3) is 5.91 Å². The third-order valence-corrected chi connectivity index (χ3v) is 4.20. The molecule has 0 atom stereocenters. The van der Waals surface area contributed by atoms with Gasteiger partial charge in [-0.2, -0.15) is 0 Å². The lowest BCUT2D eigenvalue weighted by molar-refractivity contribution is 0.101. The molecule has 1 aromatic heterocycles. The lowest BCUT2D eigenvalue weighted by Crippen LogP contribution is -2.13. The van der Waals surface area contributed by atoms with Crippen LogP contribution in [0.25, 0.3) is 0 Å². The SMILES string of the molecule is CSc1cnc(NC(=O)c2ccccc2C=O)s1. The van der Waals surface area contributed by atoms with E-state index in [4.69, 9.17) is 0 Å². The van der Waals surface area contributed by atoms with Crippen LogP contribution >= 0.6 is 23.1 Å². The standard InChI is InChI=1S/C12H10N2O2S2/c1-17-10-6-13-12(18-10)14-11(16)9-5-3-2-4-8(9)7-15/h2-7H,1H3,(H,13,14,16). The first-order valence-electron chi connectivity index (χ1n) is 5.10. The van der Waals surface area contributed by atoms with Crippen LogP contribution in [0, 0.1) is 0 Å². The lowest BCUT2D eigenvalue weighted by atomic mass is 10.1. The van der Waals surface area contributed by atoms with Crippen LogP contribution in [0.5, 0.6) is 0 Å². The summed E-state index contributed by atoms with van der Waals surface area (Å²) >= 11 is 2.97. The van der Waals surface area contributed by atoms with Crippen molar-refractivity contribution in [1.29, 1.82) is 0 Å². The van der Waals surface area contributed by atoms with E-state index in [1.807, 2.05) is 6.26 Å². The number of thiazole rings is 1. The van der Waals surface area contributed by atoms with Crippen LogP contribution in [0.15, 0.2) is 34.7 Å². The summed E-state index contributed by atoms with van der Waals surface area (Å²) < 4.78 is 1.02. The molecule has 1 aromatic carbocycles. The van der Waals surface area contributed by atoms with Gasteiger partial charge in [-0.25, -0.2) is 4.98 Å². The fourth-order valence-corrected chi connectivity index (χ4v) is 2.66. The van der Waals surface area contributed by atoms with E-state index < -0.39 is 0 Å². The van der Waals surface area contributed by atoms with Crippen molar-refractivity contribution in [3.63, 3.8) is 0 Å². The van der Waals surface area contributed by atoms with Gasteiger partial charge in [0, 0.05) is 5.56 Å². The maximum absolute atomic E-state index is 12.0. The topological polar surface area (TPSA) is 59.1 Å². The number of rotatable bonds is 4. The number of carbonyl (C=O) groups excluding carboxylic acids is 2. The van der Waals surface area contributed by atoms with Crippen LogP contribution in [0.2, 0.25) is 0 Å². The normalized spacial score (nSPS) is 10.1. The molecule has 2 aromatic rings. The summed E-state index contributed by atoms with van der Waals surface area (Å²) in [6.07, 6.45) is 4.32. The highest BCUT2D eigenvalue weighted by atomic mass is 32.2. The Bertz CT molecular complexity index is 581. The summed E-state index contributed by atoms with van der Waals surface area (Å²) in [6, 6.07) is 6.66. The van der Waals surface area contributed by atoms with E-state index in [1.54, 1.807) is 42.2 Å². The van der Waals surface area contributed by atoms with Crippen LogP contribution < -0.4 is 5.32 Å². The van der Waals surface area contributed by atoms with Gasteiger partial charge in [-0.05, 0) is 12.3 Å². The van der Waals surface area contributed by atoms with E-state index in [2.05, 4.69) is 10.3 Å². The first-order chi connectivity index (χ1) is 8.74. The van der Waals surface area contributed by atoms with Crippen molar-refractivity contribution in [2.75, 3.05) is 11.6 Å². The second-order valence-electron chi connectivity index (χ2n) is 3.35. The van der Waals surface area contributed by atoms with E-state index in [9.17, 15) is 9.59 Å². The van der Waals surface area contributed by atoms with Gasteiger partial charge in [-0.1, -0.05) is 29.5 Å². The highest BCUT2D eigenvalue weighted by molar-refractivity contribution is 8.00. The van der Waals surface area contributed by atoms with Gasteiger partial charge in [-0.3, -0.25) is 14.9 Å². The third kappa shape index (κ3) is 2.77. The van der Waals surface area contributed by atoms with E-state index >= 15 is 0 Å². The maximum Gasteiger partial charge on any atom is 0.258 e. The molecule has 0 fully saturated rings. The average Bonchev–Trinajstić information content (AvgIpc) is 2.86. The molecule has 0 aliphatic rings. The Balaban J connectivity index is 2.19. The zero-order chi connectivity index (χ0) is 13.0. The number of anilines is 1. The zero-order valence-corrected chi connectivity index (χ0v) is 11.2. The molecule has 18 heavy (non-hydrogen) atoms. The van der Waals surface area contributed by atoms with Crippen molar-refractivity contribution in [3.05, 3.63) is 41.6 Å². The number of hydrogen-bond acceptors (Lipinski definition) is 5. The van der Waals surface area contributed by atoms with Gasteiger partial charge in [0.2, 0.25) is 0 Å². The number of hydrogen-bond donors (Lipinski definition) is 1. The molecule has 4 nitrogen and oxygen atoms in total. The fourth-order valence-electron chi connectivity index (χ4n) is 1.38. The fraction of sp³-hybridized carbons (Fsp3) is 0.0833. The third-order valence-electron chi connectivity index (χ3n) is 2.24. The monoisotopic (exact) mass is 278 g/mol. The van der Waals surface area contributed by atoms with Crippen molar-refractivity contribution in [1.82, 2.24) is 4.98 Å². The van der Waals surface area contributed by atoms with Crippen molar-refractivity contribution in [3.8, 4) is 0 Å². The first-order valence-corrected chi connectivity index (χ1v) is 7.14. The number of benzene rings is 1. The summed E-state index contributed by atoms with van der Waals surface area (Å²) in [7, 11) is 0. The van der Waals surface area contributed by atoms with E-state index in [1.165, 1.54) is 11.3 Å². The Kier molecular flexibility index (Phi) is 4.11. The molecule has 2 rings (SSSR count). The molecule has 0 unspecified atom stereocenters. The van der Waals surface area contributed by atoms with Crippen LogP contribution in [-0.4, -0.2) is 23.4 Å². The van der Waals surface area contributed by atoms with Gasteiger partial charge in [0.1, 0.15) is 0 Å². The summed E-state index contributed by atoms with van der Waals surface area (Å²) in [4.78, 5) is 26.9. The lowest BCUT2D eigenvalue weighted by Gasteiger charge is -2.03. The van der Waals surface area contributed by atoms with Crippen molar-refractivity contribution in [2.24, 2.45) is 0 Å². The molecule has 1 N–H and O–H groups in total. The van der Waals surface area contributed by atoms with Crippen molar-refractivity contribution >= 4 is 40.4 Å². The summed E-state index contributed by atoms with van der Waals surface area (Å²) in [5.74, 6) is -0.320. The highest BCUT2D eigenvalue weighted by Gasteiger charge is 2.12. The Morgan fingerprint density at radius 3 is 2.89 bits per heavy atom. The molecule has 0 aliphatic heterocycles. The number of amides is 1. The minimum atomic E-state index is -0.320. The van der Waals surface area contributed by atoms with E-state index in [0.717, 1.165) is 4.21 Å². The molecule has 1 heterocycles. The van der Waals surface area contributed by atoms with Gasteiger partial charge < -0.3 is 0 Å². The molecule has 6 heteroatoms. The molecule has 0 bridgehead atoms. The highest BCUT2D eigenvalue weighted by Crippen LogP contribution is 2.26. The van der Waals surface area contributed by atoms with Gasteiger partial charge >= 0.3 is 0 Å². The molecule has 0 aliphatic carbocycles. The second kappa shape index (κ2) is 5.79. The maximum atomic E-state index is 12.0. The van der Waals surface area contributed by atoms with Crippen LogP contribution in [0.1, 0.15) is 20.7 Å². The molecular weight excluding hydrogens is 268 g/mol. The first kappa shape index (κ1) is 12.8.